The van der Waals surface area contributed by atoms with Crippen LogP contribution in [-0.2, 0) is 0 Å². The summed E-state index contributed by atoms with van der Waals surface area (Å²) in [5.74, 6) is 2.99. The van der Waals surface area contributed by atoms with Gasteiger partial charge in [-0.05, 0) is 43.9 Å². The van der Waals surface area contributed by atoms with Crippen LogP contribution in [0.5, 0.6) is 0 Å². The van der Waals surface area contributed by atoms with Crippen molar-refractivity contribution in [3.05, 3.63) is 11.6 Å². The van der Waals surface area contributed by atoms with E-state index in [0.717, 1.165) is 17.8 Å². The molecule has 0 heterocycles. The van der Waals surface area contributed by atoms with Crippen LogP contribution in [0, 0.1) is 17.8 Å². The molecule has 0 N–H and O–H groups in total. The molecule has 11 heavy (non-hydrogen) atoms. The first-order valence-corrected chi connectivity index (χ1v) is 4.93. The molecule has 0 heteroatoms. The summed E-state index contributed by atoms with van der Waals surface area (Å²) in [5, 5.41) is 0. The topological polar surface area (TPSA) is 0 Å². The molecule has 1 fully saturated rings. The lowest BCUT2D eigenvalue weighted by atomic mass is 9.76. The van der Waals surface area contributed by atoms with Gasteiger partial charge in [0.25, 0.3) is 0 Å². The third-order valence-corrected chi connectivity index (χ3v) is 3.39. The smallest absolute Gasteiger partial charge is 0.0199 e. The SMILES string of the molecule is CC1=C[C@H]2CCC(C)C[C@@H]2C1. The maximum Gasteiger partial charge on any atom is -0.0199 e. The van der Waals surface area contributed by atoms with Crippen molar-refractivity contribution in [3.8, 4) is 0 Å². The summed E-state index contributed by atoms with van der Waals surface area (Å²) < 4.78 is 0. The van der Waals surface area contributed by atoms with Crippen LogP contribution in [-0.4, -0.2) is 0 Å². The fourth-order valence-corrected chi connectivity index (χ4v) is 2.82. The largest absolute Gasteiger partial charge is 0.0822 e. The van der Waals surface area contributed by atoms with Crippen LogP contribution in [0.4, 0.5) is 0 Å². The summed E-state index contributed by atoms with van der Waals surface area (Å²) in [6.45, 7) is 4.70. The Morgan fingerprint density at radius 1 is 1.36 bits per heavy atom. The number of rotatable bonds is 0. The molecule has 0 aromatic heterocycles. The highest BCUT2D eigenvalue weighted by atomic mass is 14.4. The van der Waals surface area contributed by atoms with Crippen molar-refractivity contribution in [2.45, 2.75) is 39.5 Å². The van der Waals surface area contributed by atoms with Crippen molar-refractivity contribution >= 4 is 0 Å². The normalized spacial score (nSPS) is 43.5. The molecule has 1 unspecified atom stereocenters. The third kappa shape index (κ3) is 1.36. The molecule has 0 saturated heterocycles. The minimum Gasteiger partial charge on any atom is -0.0822 e. The second-order valence-corrected chi connectivity index (χ2v) is 4.56. The number of allylic oxidation sites excluding steroid dienone is 2. The Morgan fingerprint density at radius 2 is 2.18 bits per heavy atom. The van der Waals surface area contributed by atoms with E-state index >= 15 is 0 Å². The van der Waals surface area contributed by atoms with Gasteiger partial charge < -0.3 is 0 Å². The van der Waals surface area contributed by atoms with Crippen molar-refractivity contribution in [2.75, 3.05) is 0 Å². The van der Waals surface area contributed by atoms with Crippen molar-refractivity contribution in [2.24, 2.45) is 17.8 Å². The van der Waals surface area contributed by atoms with E-state index in [0.29, 0.717) is 0 Å². The summed E-state index contributed by atoms with van der Waals surface area (Å²) in [5.41, 5.74) is 1.65. The van der Waals surface area contributed by atoms with Gasteiger partial charge in [0.15, 0.2) is 0 Å². The zero-order chi connectivity index (χ0) is 7.84. The van der Waals surface area contributed by atoms with Gasteiger partial charge in [-0.15, -0.1) is 0 Å². The quantitative estimate of drug-likeness (QED) is 0.464. The fraction of sp³-hybridized carbons (Fsp3) is 0.818. The highest BCUT2D eigenvalue weighted by Crippen LogP contribution is 2.42. The maximum atomic E-state index is 2.52. The van der Waals surface area contributed by atoms with Gasteiger partial charge in [-0.1, -0.05) is 25.0 Å². The predicted octanol–water partition coefficient (Wildman–Crippen LogP) is 3.39. The van der Waals surface area contributed by atoms with Gasteiger partial charge in [0.1, 0.15) is 0 Å². The Labute approximate surface area is 69.7 Å². The zero-order valence-corrected chi connectivity index (χ0v) is 7.64. The molecule has 0 nitrogen and oxygen atoms in total. The van der Waals surface area contributed by atoms with Crippen LogP contribution in [0.25, 0.3) is 0 Å². The van der Waals surface area contributed by atoms with Crippen LogP contribution in [0.1, 0.15) is 39.5 Å². The van der Waals surface area contributed by atoms with Crippen molar-refractivity contribution in [1.29, 1.82) is 0 Å². The number of fused-ring (bicyclic) bond motifs is 1. The fourth-order valence-electron chi connectivity index (χ4n) is 2.82. The molecule has 0 amide bonds. The van der Waals surface area contributed by atoms with Gasteiger partial charge in [0, 0.05) is 0 Å². The molecule has 2 rings (SSSR count). The van der Waals surface area contributed by atoms with Gasteiger partial charge in [-0.25, -0.2) is 0 Å². The van der Waals surface area contributed by atoms with E-state index < -0.39 is 0 Å². The summed E-state index contributed by atoms with van der Waals surface area (Å²) in [7, 11) is 0. The summed E-state index contributed by atoms with van der Waals surface area (Å²) in [6.07, 6.45) is 8.33. The van der Waals surface area contributed by atoms with E-state index in [1.807, 2.05) is 0 Å². The standard InChI is InChI=1S/C11H18/c1-8-3-4-10-6-9(2)7-11(10)5-8/h6,8,10-11H,3-5,7H2,1-2H3/t8?,10-,11-/m1/s1. The van der Waals surface area contributed by atoms with Crippen LogP contribution in [0.2, 0.25) is 0 Å². The Bertz CT molecular complexity index is 178. The molecule has 2 aliphatic rings. The molecule has 0 aromatic carbocycles. The molecule has 0 aromatic rings. The minimum absolute atomic E-state index is 0.964. The molecular weight excluding hydrogens is 132 g/mol. The van der Waals surface area contributed by atoms with E-state index in [1.54, 1.807) is 5.57 Å². The molecule has 0 aliphatic heterocycles. The average molecular weight is 150 g/mol. The summed E-state index contributed by atoms with van der Waals surface area (Å²) >= 11 is 0. The monoisotopic (exact) mass is 150 g/mol. The molecule has 62 valence electrons. The lowest BCUT2D eigenvalue weighted by Gasteiger charge is -2.29. The molecule has 0 radical (unpaired) electrons. The van der Waals surface area contributed by atoms with Gasteiger partial charge in [-0.3, -0.25) is 0 Å². The summed E-state index contributed by atoms with van der Waals surface area (Å²) in [4.78, 5) is 0. The second-order valence-electron chi connectivity index (χ2n) is 4.56. The molecule has 2 aliphatic carbocycles. The highest BCUT2D eigenvalue weighted by Gasteiger charge is 2.30. The van der Waals surface area contributed by atoms with Crippen molar-refractivity contribution in [1.82, 2.24) is 0 Å². The van der Waals surface area contributed by atoms with E-state index in [4.69, 9.17) is 0 Å². The van der Waals surface area contributed by atoms with E-state index in [1.165, 1.54) is 25.7 Å². The van der Waals surface area contributed by atoms with Crippen LogP contribution in [0.15, 0.2) is 11.6 Å². The van der Waals surface area contributed by atoms with Crippen molar-refractivity contribution < 1.29 is 0 Å². The van der Waals surface area contributed by atoms with Gasteiger partial charge in [-0.2, -0.15) is 0 Å². The minimum atomic E-state index is 0.964. The lowest BCUT2D eigenvalue weighted by Crippen LogP contribution is -2.18. The molecule has 1 saturated carbocycles. The lowest BCUT2D eigenvalue weighted by molar-refractivity contribution is 0.240. The molecule has 3 atom stereocenters. The summed E-state index contributed by atoms with van der Waals surface area (Å²) in [6, 6.07) is 0. The predicted molar refractivity (Wildman–Crippen MR) is 48.4 cm³/mol. The van der Waals surface area contributed by atoms with Crippen molar-refractivity contribution in [3.63, 3.8) is 0 Å². The van der Waals surface area contributed by atoms with Crippen LogP contribution < -0.4 is 0 Å². The van der Waals surface area contributed by atoms with Gasteiger partial charge in [0.05, 0.1) is 0 Å². The van der Waals surface area contributed by atoms with E-state index in [9.17, 15) is 0 Å². The number of hydrogen-bond acceptors (Lipinski definition) is 0. The first-order chi connectivity index (χ1) is 5.25. The second kappa shape index (κ2) is 2.66. The van der Waals surface area contributed by atoms with E-state index in [2.05, 4.69) is 19.9 Å². The first-order valence-electron chi connectivity index (χ1n) is 4.93. The zero-order valence-electron chi connectivity index (χ0n) is 7.64. The highest BCUT2D eigenvalue weighted by molar-refractivity contribution is 5.12. The first kappa shape index (κ1) is 7.39. The Balaban J connectivity index is 2.03. The maximum absolute atomic E-state index is 2.52. The molecule has 0 bridgehead atoms. The average Bonchev–Trinajstić information content (AvgIpc) is 2.27. The van der Waals surface area contributed by atoms with Gasteiger partial charge in [0.2, 0.25) is 0 Å². The Kier molecular flexibility index (Phi) is 1.78. The third-order valence-electron chi connectivity index (χ3n) is 3.39. The molecule has 0 spiro atoms. The molecular formula is C11H18. The van der Waals surface area contributed by atoms with Crippen LogP contribution in [0.3, 0.4) is 0 Å². The Hall–Kier alpha value is -0.260. The number of hydrogen-bond donors (Lipinski definition) is 0. The van der Waals surface area contributed by atoms with Crippen LogP contribution >= 0.6 is 0 Å². The van der Waals surface area contributed by atoms with E-state index in [-0.39, 0.29) is 0 Å². The van der Waals surface area contributed by atoms with Gasteiger partial charge >= 0.3 is 0 Å². The Morgan fingerprint density at radius 3 is 3.00 bits per heavy atom.